The maximum absolute atomic E-state index is 5.69. The zero-order valence-corrected chi connectivity index (χ0v) is 13.1. The lowest BCUT2D eigenvalue weighted by molar-refractivity contribution is 0.216. The summed E-state index contributed by atoms with van der Waals surface area (Å²) in [5, 5.41) is 3.48. The number of nitrogens with one attached hydrogen (secondary N) is 1. The third-order valence-electron chi connectivity index (χ3n) is 3.90. The Morgan fingerprint density at radius 1 is 1.20 bits per heavy atom. The van der Waals surface area contributed by atoms with E-state index >= 15 is 0 Å². The van der Waals surface area contributed by atoms with Crippen molar-refractivity contribution in [3.63, 3.8) is 0 Å². The summed E-state index contributed by atoms with van der Waals surface area (Å²) >= 11 is 0. The number of hydrogen-bond donors (Lipinski definition) is 1. The summed E-state index contributed by atoms with van der Waals surface area (Å²) in [6.07, 6.45) is 4.08. The van der Waals surface area contributed by atoms with Gasteiger partial charge in [0.2, 0.25) is 0 Å². The maximum atomic E-state index is 5.69. The Labute approximate surface area is 123 Å². The molecule has 3 nitrogen and oxygen atoms in total. The first kappa shape index (κ1) is 15.3. The van der Waals surface area contributed by atoms with Gasteiger partial charge in [0.15, 0.2) is 0 Å². The Balaban J connectivity index is 1.88. The molecule has 0 spiro atoms. The van der Waals surface area contributed by atoms with Gasteiger partial charge in [-0.2, -0.15) is 0 Å². The lowest BCUT2D eigenvalue weighted by atomic mass is 10.1. The van der Waals surface area contributed by atoms with Crippen LogP contribution in [0.3, 0.4) is 0 Å². The molecule has 0 bridgehead atoms. The second-order valence-corrected chi connectivity index (χ2v) is 6.06. The molecule has 2 rings (SSSR count). The normalized spacial score (nSPS) is 20.1. The van der Waals surface area contributed by atoms with E-state index in [-0.39, 0.29) is 6.10 Å². The molecule has 0 radical (unpaired) electrons. The standard InChI is InChI=1S/C17H28N2O/c1-14(2)20-17-8-6-15(7-9-17)13-19(3)16-5-4-11-18-12-10-16/h6-9,14,16,18H,4-5,10-13H2,1-3H3. The van der Waals surface area contributed by atoms with Crippen LogP contribution in [0.5, 0.6) is 5.75 Å². The summed E-state index contributed by atoms with van der Waals surface area (Å²) in [6, 6.07) is 9.23. The van der Waals surface area contributed by atoms with E-state index in [0.29, 0.717) is 6.04 Å². The van der Waals surface area contributed by atoms with Crippen molar-refractivity contribution in [1.29, 1.82) is 0 Å². The second kappa shape index (κ2) is 7.65. The van der Waals surface area contributed by atoms with Gasteiger partial charge in [0.25, 0.3) is 0 Å². The van der Waals surface area contributed by atoms with E-state index in [0.717, 1.165) is 18.8 Å². The van der Waals surface area contributed by atoms with Crippen molar-refractivity contribution in [1.82, 2.24) is 10.2 Å². The molecule has 20 heavy (non-hydrogen) atoms. The molecule has 1 saturated heterocycles. The summed E-state index contributed by atoms with van der Waals surface area (Å²) in [5.74, 6) is 0.963. The molecule has 1 fully saturated rings. The lowest BCUT2D eigenvalue weighted by Gasteiger charge is -2.27. The molecule has 112 valence electrons. The SMILES string of the molecule is CC(C)Oc1ccc(CN(C)C2CCCNCC2)cc1. The number of hydrogen-bond acceptors (Lipinski definition) is 3. The van der Waals surface area contributed by atoms with Gasteiger partial charge in [-0.15, -0.1) is 0 Å². The smallest absolute Gasteiger partial charge is 0.119 e. The molecule has 0 amide bonds. The molecule has 3 heteroatoms. The zero-order valence-electron chi connectivity index (χ0n) is 13.1. The van der Waals surface area contributed by atoms with Crippen LogP contribution in [0.15, 0.2) is 24.3 Å². The van der Waals surface area contributed by atoms with Gasteiger partial charge in [-0.25, -0.2) is 0 Å². The first-order valence-electron chi connectivity index (χ1n) is 7.81. The van der Waals surface area contributed by atoms with Crippen molar-refractivity contribution in [2.45, 2.75) is 51.8 Å². The Bertz CT molecular complexity index is 380. The summed E-state index contributed by atoms with van der Waals surface area (Å²) < 4.78 is 5.69. The highest BCUT2D eigenvalue weighted by molar-refractivity contribution is 5.27. The molecule has 1 atom stereocenters. The van der Waals surface area contributed by atoms with Crippen molar-refractivity contribution in [3.8, 4) is 5.75 Å². The number of nitrogens with zero attached hydrogens (tertiary/aromatic N) is 1. The van der Waals surface area contributed by atoms with E-state index in [1.165, 1.54) is 31.4 Å². The van der Waals surface area contributed by atoms with Gasteiger partial charge in [0, 0.05) is 12.6 Å². The minimum Gasteiger partial charge on any atom is -0.491 e. The maximum Gasteiger partial charge on any atom is 0.119 e. The molecule has 0 aromatic heterocycles. The van der Waals surface area contributed by atoms with Crippen molar-refractivity contribution in [2.75, 3.05) is 20.1 Å². The van der Waals surface area contributed by atoms with Gasteiger partial charge >= 0.3 is 0 Å². The zero-order chi connectivity index (χ0) is 14.4. The van der Waals surface area contributed by atoms with Gasteiger partial charge < -0.3 is 10.1 Å². The molecular weight excluding hydrogens is 248 g/mol. The van der Waals surface area contributed by atoms with Gasteiger partial charge in [-0.3, -0.25) is 4.90 Å². The highest BCUT2D eigenvalue weighted by Crippen LogP contribution is 2.18. The van der Waals surface area contributed by atoms with E-state index in [1.807, 2.05) is 0 Å². The van der Waals surface area contributed by atoms with Crippen molar-refractivity contribution >= 4 is 0 Å². The summed E-state index contributed by atoms with van der Waals surface area (Å²) in [5.41, 5.74) is 1.36. The Kier molecular flexibility index (Phi) is 5.86. The van der Waals surface area contributed by atoms with E-state index in [1.54, 1.807) is 0 Å². The highest BCUT2D eigenvalue weighted by atomic mass is 16.5. The molecule has 1 aromatic carbocycles. The van der Waals surface area contributed by atoms with Crippen LogP contribution in [0.1, 0.15) is 38.7 Å². The molecule has 1 N–H and O–H groups in total. The summed E-state index contributed by atoms with van der Waals surface area (Å²) in [7, 11) is 2.24. The first-order chi connectivity index (χ1) is 9.65. The van der Waals surface area contributed by atoms with Crippen LogP contribution in [0.25, 0.3) is 0 Å². The summed E-state index contributed by atoms with van der Waals surface area (Å²) in [6.45, 7) is 7.46. The third kappa shape index (κ3) is 4.80. The predicted octanol–water partition coefficient (Wildman–Crippen LogP) is 3.05. The van der Waals surface area contributed by atoms with Crippen LogP contribution < -0.4 is 10.1 Å². The minimum atomic E-state index is 0.238. The van der Waals surface area contributed by atoms with Crippen molar-refractivity contribution < 1.29 is 4.74 Å². The van der Waals surface area contributed by atoms with E-state index in [4.69, 9.17) is 4.74 Å². The van der Waals surface area contributed by atoms with Crippen LogP contribution >= 0.6 is 0 Å². The van der Waals surface area contributed by atoms with Crippen molar-refractivity contribution in [3.05, 3.63) is 29.8 Å². The van der Waals surface area contributed by atoms with Crippen LogP contribution in [0, 0.1) is 0 Å². The van der Waals surface area contributed by atoms with Gasteiger partial charge in [0.05, 0.1) is 6.10 Å². The van der Waals surface area contributed by atoms with E-state index in [9.17, 15) is 0 Å². The lowest BCUT2D eigenvalue weighted by Crippen LogP contribution is -2.31. The van der Waals surface area contributed by atoms with Gasteiger partial charge in [-0.1, -0.05) is 12.1 Å². The molecule has 1 aliphatic rings. The van der Waals surface area contributed by atoms with Gasteiger partial charge in [-0.05, 0) is 70.9 Å². The number of ether oxygens (including phenoxy) is 1. The molecule has 0 saturated carbocycles. The fourth-order valence-electron chi connectivity index (χ4n) is 2.80. The fraction of sp³-hybridized carbons (Fsp3) is 0.647. The summed E-state index contributed by atoms with van der Waals surface area (Å²) in [4.78, 5) is 2.49. The van der Waals surface area contributed by atoms with E-state index in [2.05, 4.69) is 55.4 Å². The average Bonchev–Trinajstić information content (AvgIpc) is 2.69. The number of benzene rings is 1. The van der Waals surface area contributed by atoms with Crippen LogP contribution in [-0.2, 0) is 6.54 Å². The first-order valence-corrected chi connectivity index (χ1v) is 7.81. The van der Waals surface area contributed by atoms with Gasteiger partial charge in [0.1, 0.15) is 5.75 Å². The van der Waals surface area contributed by atoms with Crippen molar-refractivity contribution in [2.24, 2.45) is 0 Å². The monoisotopic (exact) mass is 276 g/mol. The Hall–Kier alpha value is -1.06. The topological polar surface area (TPSA) is 24.5 Å². The predicted molar refractivity (Wildman–Crippen MR) is 84.2 cm³/mol. The van der Waals surface area contributed by atoms with Crippen LogP contribution in [0.2, 0.25) is 0 Å². The molecule has 0 aliphatic carbocycles. The molecule has 1 aliphatic heterocycles. The third-order valence-corrected chi connectivity index (χ3v) is 3.90. The number of rotatable bonds is 5. The molecule has 1 unspecified atom stereocenters. The second-order valence-electron chi connectivity index (χ2n) is 6.06. The van der Waals surface area contributed by atoms with Crippen LogP contribution in [-0.4, -0.2) is 37.2 Å². The molecule has 1 aromatic rings. The highest BCUT2D eigenvalue weighted by Gasteiger charge is 2.16. The molecule has 1 heterocycles. The van der Waals surface area contributed by atoms with E-state index < -0.39 is 0 Å². The fourth-order valence-corrected chi connectivity index (χ4v) is 2.80. The minimum absolute atomic E-state index is 0.238. The molecular formula is C17H28N2O. The average molecular weight is 276 g/mol. The quantitative estimate of drug-likeness (QED) is 0.894. The largest absolute Gasteiger partial charge is 0.491 e. The van der Waals surface area contributed by atoms with Crippen LogP contribution in [0.4, 0.5) is 0 Å². The Morgan fingerprint density at radius 3 is 2.65 bits per heavy atom. The Morgan fingerprint density at radius 2 is 1.95 bits per heavy atom.